The van der Waals surface area contributed by atoms with Crippen LogP contribution >= 0.6 is 0 Å². The Morgan fingerprint density at radius 3 is 2.71 bits per heavy atom. The molecular weight excluding hydrogens is 336 g/mol. The number of amides is 1. The van der Waals surface area contributed by atoms with Gasteiger partial charge in [-0.1, -0.05) is 12.1 Å². The molecule has 24 heavy (non-hydrogen) atoms. The highest BCUT2D eigenvalue weighted by atomic mass is 32.2. The lowest BCUT2D eigenvalue weighted by molar-refractivity contribution is -0.124. The van der Waals surface area contributed by atoms with Crippen molar-refractivity contribution in [2.45, 2.75) is 12.5 Å². The van der Waals surface area contributed by atoms with Crippen molar-refractivity contribution in [3.8, 4) is 0 Å². The number of ether oxygens (including phenoxy) is 1. The predicted octanol–water partition coefficient (Wildman–Crippen LogP) is -0.449. The molecule has 1 saturated heterocycles. The summed E-state index contributed by atoms with van der Waals surface area (Å²) in [5.41, 5.74) is 0.751. The van der Waals surface area contributed by atoms with Gasteiger partial charge in [-0.3, -0.25) is 4.79 Å². The molecule has 1 aliphatic heterocycles. The number of aliphatic hydroxyl groups is 1. The molecule has 1 aromatic rings. The first-order chi connectivity index (χ1) is 11.4. The monoisotopic (exact) mass is 356 g/mol. The van der Waals surface area contributed by atoms with Crippen LogP contribution in [0.4, 0.5) is 5.69 Å². The lowest BCUT2D eigenvalue weighted by Crippen LogP contribution is -2.38. The van der Waals surface area contributed by atoms with E-state index in [0.29, 0.717) is 12.1 Å². The molecule has 0 radical (unpaired) electrons. The van der Waals surface area contributed by atoms with Gasteiger partial charge >= 0.3 is 5.97 Å². The van der Waals surface area contributed by atoms with E-state index < -0.39 is 34.4 Å². The third kappa shape index (κ3) is 5.20. The fourth-order valence-corrected chi connectivity index (χ4v) is 4.07. The first-order valence-corrected chi connectivity index (χ1v) is 9.34. The second kappa shape index (κ2) is 8.11. The normalized spacial score (nSPS) is 18.8. The Balaban J connectivity index is 1.86. The van der Waals surface area contributed by atoms with Gasteiger partial charge in [0.25, 0.3) is 5.91 Å². The molecule has 1 atom stereocenters. The topological polar surface area (TPSA) is 122 Å². The van der Waals surface area contributed by atoms with E-state index in [1.54, 1.807) is 24.3 Å². The highest BCUT2D eigenvalue weighted by molar-refractivity contribution is 7.91. The second-order valence-corrected chi connectivity index (χ2v) is 7.67. The van der Waals surface area contributed by atoms with E-state index in [0.717, 1.165) is 0 Å². The van der Waals surface area contributed by atoms with E-state index in [-0.39, 0.29) is 30.2 Å². The van der Waals surface area contributed by atoms with Crippen LogP contribution in [0.3, 0.4) is 0 Å². The maximum Gasteiger partial charge on any atom is 0.340 e. The highest BCUT2D eigenvalue weighted by Crippen LogP contribution is 2.16. The van der Waals surface area contributed by atoms with Gasteiger partial charge in [0.2, 0.25) is 0 Å². The van der Waals surface area contributed by atoms with Crippen LogP contribution in [0.5, 0.6) is 0 Å². The van der Waals surface area contributed by atoms with Crippen molar-refractivity contribution in [2.24, 2.45) is 0 Å². The highest BCUT2D eigenvalue weighted by Gasteiger charge is 2.29. The van der Waals surface area contributed by atoms with E-state index in [1.807, 2.05) is 0 Å². The Morgan fingerprint density at radius 1 is 1.29 bits per heavy atom. The summed E-state index contributed by atoms with van der Waals surface area (Å²) in [6.07, 6.45) is 0.371. The van der Waals surface area contributed by atoms with Crippen molar-refractivity contribution in [2.75, 3.05) is 36.6 Å². The molecule has 0 aliphatic carbocycles. The molecule has 1 amide bonds. The van der Waals surface area contributed by atoms with Crippen LogP contribution in [0, 0.1) is 0 Å². The predicted molar refractivity (Wildman–Crippen MR) is 87.5 cm³/mol. The summed E-state index contributed by atoms with van der Waals surface area (Å²) in [5.74, 6) is -1.24. The van der Waals surface area contributed by atoms with Gasteiger partial charge in [0.05, 0.1) is 23.7 Å². The van der Waals surface area contributed by atoms with Gasteiger partial charge in [-0.05, 0) is 18.6 Å². The molecule has 0 aromatic heterocycles. The standard InChI is InChI=1S/C15H20N2O6S/c18-7-6-16-13-4-2-1-3-12(13)15(20)23-9-14(19)17-11-5-8-24(21,22)10-11/h1-4,11,16,18H,5-10H2,(H,17,19)/t11-/m0/s1. The zero-order chi connectivity index (χ0) is 17.6. The van der Waals surface area contributed by atoms with Gasteiger partial charge in [0.15, 0.2) is 16.4 Å². The average Bonchev–Trinajstić information content (AvgIpc) is 2.89. The smallest absolute Gasteiger partial charge is 0.340 e. The van der Waals surface area contributed by atoms with Gasteiger partial charge in [-0.15, -0.1) is 0 Å². The van der Waals surface area contributed by atoms with E-state index in [1.165, 1.54) is 0 Å². The minimum Gasteiger partial charge on any atom is -0.452 e. The summed E-state index contributed by atoms with van der Waals surface area (Å²) >= 11 is 0. The van der Waals surface area contributed by atoms with Gasteiger partial charge < -0.3 is 20.5 Å². The molecule has 2 rings (SSSR count). The second-order valence-electron chi connectivity index (χ2n) is 5.44. The zero-order valence-corrected chi connectivity index (χ0v) is 13.8. The first-order valence-electron chi connectivity index (χ1n) is 7.52. The molecule has 9 heteroatoms. The molecule has 3 N–H and O–H groups in total. The number of hydrogen-bond acceptors (Lipinski definition) is 7. The minimum atomic E-state index is -3.08. The number of carbonyl (C=O) groups is 2. The van der Waals surface area contributed by atoms with Crippen molar-refractivity contribution in [1.29, 1.82) is 0 Å². The van der Waals surface area contributed by atoms with Crippen LogP contribution in [-0.4, -0.2) is 62.7 Å². The zero-order valence-electron chi connectivity index (χ0n) is 13.0. The molecule has 0 bridgehead atoms. The van der Waals surface area contributed by atoms with Crippen molar-refractivity contribution < 1.29 is 27.9 Å². The fraction of sp³-hybridized carbons (Fsp3) is 0.467. The van der Waals surface area contributed by atoms with E-state index in [9.17, 15) is 18.0 Å². The van der Waals surface area contributed by atoms with Crippen molar-refractivity contribution in [1.82, 2.24) is 5.32 Å². The van der Waals surface area contributed by atoms with Gasteiger partial charge in [0, 0.05) is 18.3 Å². The lowest BCUT2D eigenvalue weighted by Gasteiger charge is -2.13. The minimum absolute atomic E-state index is 0.0572. The Hall–Kier alpha value is -2.13. The summed E-state index contributed by atoms with van der Waals surface area (Å²) in [7, 11) is -3.08. The van der Waals surface area contributed by atoms with E-state index in [4.69, 9.17) is 9.84 Å². The number of esters is 1. The van der Waals surface area contributed by atoms with Crippen LogP contribution in [0.15, 0.2) is 24.3 Å². The third-order valence-corrected chi connectivity index (χ3v) is 5.27. The number of sulfone groups is 1. The summed E-state index contributed by atoms with van der Waals surface area (Å²) in [6.45, 7) is -0.291. The van der Waals surface area contributed by atoms with Crippen molar-refractivity contribution in [3.05, 3.63) is 29.8 Å². The van der Waals surface area contributed by atoms with E-state index in [2.05, 4.69) is 10.6 Å². The van der Waals surface area contributed by atoms with Crippen LogP contribution in [0.25, 0.3) is 0 Å². The number of anilines is 1. The number of benzene rings is 1. The largest absolute Gasteiger partial charge is 0.452 e. The number of nitrogens with one attached hydrogen (secondary N) is 2. The number of para-hydroxylation sites is 1. The third-order valence-electron chi connectivity index (χ3n) is 3.51. The van der Waals surface area contributed by atoms with Crippen molar-refractivity contribution >= 4 is 27.4 Å². The number of hydrogen-bond donors (Lipinski definition) is 3. The van der Waals surface area contributed by atoms with Gasteiger partial charge in [0.1, 0.15) is 0 Å². The molecule has 1 fully saturated rings. The van der Waals surface area contributed by atoms with Crippen LogP contribution in [0.2, 0.25) is 0 Å². The molecule has 1 aliphatic rings. The Bertz CT molecular complexity index is 704. The quantitative estimate of drug-likeness (QED) is 0.566. The molecule has 8 nitrogen and oxygen atoms in total. The average molecular weight is 356 g/mol. The summed E-state index contributed by atoms with van der Waals surface area (Å²) in [5, 5.41) is 14.3. The molecule has 1 aromatic carbocycles. The molecule has 0 unspecified atom stereocenters. The Labute approximate surface area is 140 Å². The number of carbonyl (C=O) groups excluding carboxylic acids is 2. The number of rotatable bonds is 7. The summed E-state index contributed by atoms with van der Waals surface area (Å²) in [4.78, 5) is 23.8. The molecule has 132 valence electrons. The van der Waals surface area contributed by atoms with Gasteiger partial charge in [-0.2, -0.15) is 0 Å². The Morgan fingerprint density at radius 2 is 2.04 bits per heavy atom. The molecule has 0 saturated carbocycles. The van der Waals surface area contributed by atoms with E-state index >= 15 is 0 Å². The summed E-state index contributed by atoms with van der Waals surface area (Å²) < 4.78 is 27.6. The fourth-order valence-electron chi connectivity index (χ4n) is 2.39. The maximum atomic E-state index is 12.1. The molecule has 1 heterocycles. The Kier molecular flexibility index (Phi) is 6.16. The van der Waals surface area contributed by atoms with Gasteiger partial charge in [-0.25, -0.2) is 13.2 Å². The summed E-state index contributed by atoms with van der Waals surface area (Å²) in [6, 6.07) is 6.16. The lowest BCUT2D eigenvalue weighted by atomic mass is 10.2. The van der Waals surface area contributed by atoms with Crippen LogP contribution in [-0.2, 0) is 19.4 Å². The first kappa shape index (κ1) is 18.2. The SMILES string of the molecule is O=C(COC(=O)c1ccccc1NCCO)N[C@H]1CCS(=O)(=O)C1. The van der Waals surface area contributed by atoms with Crippen LogP contribution in [0.1, 0.15) is 16.8 Å². The molecular formula is C15H20N2O6S. The van der Waals surface area contributed by atoms with Crippen LogP contribution < -0.4 is 10.6 Å². The maximum absolute atomic E-state index is 12.1. The molecule has 0 spiro atoms. The number of aliphatic hydroxyl groups excluding tert-OH is 1. The van der Waals surface area contributed by atoms with Crippen molar-refractivity contribution in [3.63, 3.8) is 0 Å².